The Labute approximate surface area is 137 Å². The average Bonchev–Trinajstić information content (AvgIpc) is 2.57. The van der Waals surface area contributed by atoms with Gasteiger partial charge in [0.15, 0.2) is 0 Å². The van der Waals surface area contributed by atoms with Crippen LogP contribution >= 0.6 is 0 Å². The summed E-state index contributed by atoms with van der Waals surface area (Å²) in [5, 5.41) is 0. The van der Waals surface area contributed by atoms with E-state index in [1.54, 1.807) is 29.2 Å². The van der Waals surface area contributed by atoms with Gasteiger partial charge in [0.05, 0.1) is 0 Å². The molecule has 2 rings (SSSR count). The van der Waals surface area contributed by atoms with Crippen LogP contribution in [0.2, 0.25) is 0 Å². The van der Waals surface area contributed by atoms with Gasteiger partial charge in [-0.05, 0) is 17.5 Å². The van der Waals surface area contributed by atoms with Crippen molar-refractivity contribution in [2.75, 3.05) is 6.54 Å². The lowest BCUT2D eigenvalue weighted by Gasteiger charge is -2.23. The Morgan fingerprint density at radius 2 is 1.83 bits per heavy atom. The molecule has 2 nitrogen and oxygen atoms in total. The second-order valence-corrected chi connectivity index (χ2v) is 5.67. The third-order valence-electron chi connectivity index (χ3n) is 3.87. The quantitative estimate of drug-likeness (QED) is 0.688. The first-order valence-corrected chi connectivity index (χ1v) is 7.79. The Morgan fingerprint density at radius 1 is 1.17 bits per heavy atom. The van der Waals surface area contributed by atoms with Crippen LogP contribution in [0.5, 0.6) is 0 Å². The first kappa shape index (κ1) is 16.9. The van der Waals surface area contributed by atoms with E-state index >= 15 is 0 Å². The zero-order valence-corrected chi connectivity index (χ0v) is 13.4. The van der Waals surface area contributed by atoms with Crippen molar-refractivity contribution in [1.82, 2.24) is 4.90 Å². The van der Waals surface area contributed by atoms with Gasteiger partial charge in [-0.15, -0.1) is 6.58 Å². The second-order valence-electron chi connectivity index (χ2n) is 5.67. The molecule has 120 valence electrons. The molecule has 0 aliphatic rings. The van der Waals surface area contributed by atoms with Crippen LogP contribution in [-0.4, -0.2) is 17.4 Å². The molecule has 1 atom stereocenters. The Bertz CT molecular complexity index is 654. The molecule has 0 aromatic heterocycles. The van der Waals surface area contributed by atoms with Crippen molar-refractivity contribution < 1.29 is 9.18 Å². The number of halogens is 1. The largest absolute Gasteiger partial charge is 0.335 e. The van der Waals surface area contributed by atoms with Gasteiger partial charge in [0, 0.05) is 25.1 Å². The first-order chi connectivity index (χ1) is 11.1. The highest BCUT2D eigenvalue weighted by Gasteiger charge is 2.18. The van der Waals surface area contributed by atoms with E-state index in [0.717, 1.165) is 5.56 Å². The number of carbonyl (C=O) groups is 1. The zero-order valence-electron chi connectivity index (χ0n) is 13.4. The normalized spacial score (nSPS) is 11.7. The summed E-state index contributed by atoms with van der Waals surface area (Å²) < 4.78 is 13.8. The summed E-state index contributed by atoms with van der Waals surface area (Å²) >= 11 is 0. The van der Waals surface area contributed by atoms with E-state index in [1.165, 1.54) is 6.07 Å². The van der Waals surface area contributed by atoms with Crippen molar-refractivity contribution in [3.05, 3.63) is 84.2 Å². The van der Waals surface area contributed by atoms with Crippen molar-refractivity contribution in [3.8, 4) is 0 Å². The molecule has 0 fully saturated rings. The van der Waals surface area contributed by atoms with Crippen LogP contribution < -0.4 is 0 Å². The molecule has 2 aromatic carbocycles. The number of hydrogen-bond donors (Lipinski definition) is 0. The fourth-order valence-corrected chi connectivity index (χ4v) is 2.53. The smallest absolute Gasteiger partial charge is 0.223 e. The molecule has 0 bridgehead atoms. The number of amides is 1. The van der Waals surface area contributed by atoms with Crippen molar-refractivity contribution in [3.63, 3.8) is 0 Å². The maximum absolute atomic E-state index is 13.8. The summed E-state index contributed by atoms with van der Waals surface area (Å²) in [4.78, 5) is 14.2. The number of nitrogens with zero attached hydrogens (tertiary/aromatic N) is 1. The van der Waals surface area contributed by atoms with Gasteiger partial charge in [-0.1, -0.05) is 61.5 Å². The molecule has 0 heterocycles. The van der Waals surface area contributed by atoms with Gasteiger partial charge in [-0.3, -0.25) is 4.79 Å². The Balaban J connectivity index is 2.06. The van der Waals surface area contributed by atoms with Crippen LogP contribution in [0.1, 0.15) is 30.4 Å². The third kappa shape index (κ3) is 4.78. The Hall–Kier alpha value is -2.42. The topological polar surface area (TPSA) is 20.3 Å². The number of rotatable bonds is 7. The summed E-state index contributed by atoms with van der Waals surface area (Å²) in [6.45, 7) is 6.40. The molecular formula is C20H22FNO. The molecule has 0 N–H and O–H groups in total. The molecule has 2 aromatic rings. The van der Waals surface area contributed by atoms with Gasteiger partial charge in [0.1, 0.15) is 5.82 Å². The summed E-state index contributed by atoms with van der Waals surface area (Å²) in [7, 11) is 0. The number of benzene rings is 2. The molecule has 0 aliphatic heterocycles. The van der Waals surface area contributed by atoms with E-state index in [0.29, 0.717) is 18.5 Å². The van der Waals surface area contributed by atoms with Crippen LogP contribution in [-0.2, 0) is 11.3 Å². The Kier molecular flexibility index (Phi) is 6.10. The van der Waals surface area contributed by atoms with Crippen LogP contribution in [0, 0.1) is 5.82 Å². The van der Waals surface area contributed by atoms with Crippen LogP contribution in [0.3, 0.4) is 0 Å². The molecule has 0 spiro atoms. The second kappa shape index (κ2) is 8.28. The lowest BCUT2D eigenvalue weighted by Crippen LogP contribution is -2.31. The highest BCUT2D eigenvalue weighted by molar-refractivity contribution is 5.77. The molecule has 3 heteroatoms. The molecule has 0 aliphatic carbocycles. The van der Waals surface area contributed by atoms with Crippen LogP contribution in [0.4, 0.5) is 4.39 Å². The van der Waals surface area contributed by atoms with Gasteiger partial charge in [0.25, 0.3) is 0 Å². The van der Waals surface area contributed by atoms with Crippen molar-refractivity contribution in [1.29, 1.82) is 0 Å². The number of hydrogen-bond acceptors (Lipinski definition) is 1. The minimum atomic E-state index is -0.287. The van der Waals surface area contributed by atoms with E-state index in [4.69, 9.17) is 0 Å². The Morgan fingerprint density at radius 3 is 2.48 bits per heavy atom. The molecule has 0 saturated carbocycles. The molecule has 1 unspecified atom stereocenters. The SMILES string of the molecule is C=CCN(Cc1ccccc1F)C(=O)CC(C)c1ccccc1. The summed E-state index contributed by atoms with van der Waals surface area (Å²) in [5.74, 6) is -0.161. The fourth-order valence-electron chi connectivity index (χ4n) is 2.53. The third-order valence-corrected chi connectivity index (χ3v) is 3.87. The minimum Gasteiger partial charge on any atom is -0.335 e. The maximum atomic E-state index is 13.8. The lowest BCUT2D eigenvalue weighted by molar-refractivity contribution is -0.131. The molecule has 0 saturated heterocycles. The molecule has 23 heavy (non-hydrogen) atoms. The first-order valence-electron chi connectivity index (χ1n) is 7.79. The van der Waals surface area contributed by atoms with E-state index in [-0.39, 0.29) is 24.2 Å². The minimum absolute atomic E-state index is 0.00417. The maximum Gasteiger partial charge on any atom is 0.223 e. The van der Waals surface area contributed by atoms with E-state index < -0.39 is 0 Å². The van der Waals surface area contributed by atoms with Gasteiger partial charge in [-0.2, -0.15) is 0 Å². The fraction of sp³-hybridized carbons (Fsp3) is 0.250. The van der Waals surface area contributed by atoms with Gasteiger partial charge < -0.3 is 4.90 Å². The van der Waals surface area contributed by atoms with E-state index in [1.807, 2.05) is 37.3 Å². The van der Waals surface area contributed by atoms with Crippen molar-refractivity contribution >= 4 is 5.91 Å². The highest BCUT2D eigenvalue weighted by atomic mass is 19.1. The summed E-state index contributed by atoms with van der Waals surface area (Å²) in [6, 6.07) is 16.5. The average molecular weight is 311 g/mol. The molecule has 1 amide bonds. The highest BCUT2D eigenvalue weighted by Crippen LogP contribution is 2.20. The van der Waals surface area contributed by atoms with Crippen molar-refractivity contribution in [2.45, 2.75) is 25.8 Å². The van der Waals surface area contributed by atoms with Gasteiger partial charge >= 0.3 is 0 Å². The summed E-state index contributed by atoms with van der Waals surface area (Å²) in [5.41, 5.74) is 1.65. The molecule has 0 radical (unpaired) electrons. The molecular weight excluding hydrogens is 289 g/mol. The van der Waals surface area contributed by atoms with Crippen LogP contribution in [0.25, 0.3) is 0 Å². The van der Waals surface area contributed by atoms with E-state index in [2.05, 4.69) is 6.58 Å². The van der Waals surface area contributed by atoms with Gasteiger partial charge in [0.2, 0.25) is 5.91 Å². The van der Waals surface area contributed by atoms with E-state index in [9.17, 15) is 9.18 Å². The van der Waals surface area contributed by atoms with Crippen molar-refractivity contribution in [2.24, 2.45) is 0 Å². The zero-order chi connectivity index (χ0) is 16.7. The predicted octanol–water partition coefficient (Wildman–Crippen LogP) is 4.53. The van der Waals surface area contributed by atoms with Crippen LogP contribution in [0.15, 0.2) is 67.3 Å². The van der Waals surface area contributed by atoms with Gasteiger partial charge in [-0.25, -0.2) is 4.39 Å². The number of carbonyl (C=O) groups excluding carboxylic acids is 1. The monoisotopic (exact) mass is 311 g/mol. The lowest BCUT2D eigenvalue weighted by atomic mass is 9.97. The predicted molar refractivity (Wildman–Crippen MR) is 91.5 cm³/mol. The standard InChI is InChI=1S/C20H22FNO/c1-3-13-22(15-18-11-7-8-12-19(18)21)20(23)14-16(2)17-9-5-4-6-10-17/h3-12,16H,1,13-15H2,2H3. The summed E-state index contributed by atoms with van der Waals surface area (Å²) in [6.07, 6.45) is 2.07.